The number of benzene rings is 1. The van der Waals surface area contributed by atoms with Crippen LogP contribution in [-0.4, -0.2) is 27.2 Å². The van der Waals surface area contributed by atoms with Gasteiger partial charge in [-0.15, -0.1) is 0 Å². The molecule has 0 saturated carbocycles. The van der Waals surface area contributed by atoms with E-state index >= 15 is 0 Å². The normalized spacial score (nSPS) is 22.6. The Morgan fingerprint density at radius 2 is 1.76 bits per heavy atom. The van der Waals surface area contributed by atoms with E-state index in [0.29, 0.717) is 17.9 Å². The van der Waals surface area contributed by atoms with Crippen LogP contribution in [0.1, 0.15) is 38.2 Å². The van der Waals surface area contributed by atoms with Crippen LogP contribution in [0, 0.1) is 6.92 Å². The summed E-state index contributed by atoms with van der Waals surface area (Å²) >= 11 is 0. The van der Waals surface area contributed by atoms with Crippen molar-refractivity contribution in [3.8, 4) is 0 Å². The van der Waals surface area contributed by atoms with Gasteiger partial charge in [-0.25, -0.2) is 22.9 Å². The van der Waals surface area contributed by atoms with Crippen LogP contribution in [0.5, 0.6) is 0 Å². The molecule has 1 N–H and O–H groups in total. The lowest BCUT2D eigenvalue weighted by Crippen LogP contribution is -2.27. The molecule has 1 aromatic carbocycles. The molecule has 0 spiro atoms. The van der Waals surface area contributed by atoms with E-state index in [1.165, 1.54) is 0 Å². The molecule has 21 heavy (non-hydrogen) atoms. The molecule has 6 heteroatoms. The molecule has 0 bridgehead atoms. The Hall–Kier alpha value is -0.950. The quantitative estimate of drug-likeness (QED) is 0.786. The van der Waals surface area contributed by atoms with Crippen LogP contribution in [-0.2, 0) is 19.8 Å². The average Bonchev–Trinajstić information content (AvgIpc) is 2.87. The number of rotatable bonds is 7. The molecule has 2 unspecified atom stereocenters. The summed E-state index contributed by atoms with van der Waals surface area (Å²) in [5.74, 6) is 0. The molecule has 0 aromatic heterocycles. The lowest BCUT2D eigenvalue weighted by molar-refractivity contribution is -0.297. The zero-order valence-electron chi connectivity index (χ0n) is 12.5. The second kappa shape index (κ2) is 7.35. The first-order chi connectivity index (χ1) is 10.0. The van der Waals surface area contributed by atoms with Crippen molar-refractivity contribution in [3.05, 3.63) is 29.8 Å². The third-order valence-corrected chi connectivity index (χ3v) is 5.03. The fourth-order valence-corrected chi connectivity index (χ4v) is 3.39. The first kappa shape index (κ1) is 16.4. The van der Waals surface area contributed by atoms with Gasteiger partial charge < -0.3 is 0 Å². The highest BCUT2D eigenvalue weighted by Gasteiger charge is 2.26. The number of nitrogens with one attached hydrogen (secondary N) is 1. The maximum atomic E-state index is 12.1. The molecule has 1 aromatic rings. The molecule has 2 atom stereocenters. The molecule has 1 aliphatic heterocycles. The first-order valence-electron chi connectivity index (χ1n) is 7.39. The maximum Gasteiger partial charge on any atom is 0.240 e. The zero-order valence-corrected chi connectivity index (χ0v) is 13.4. The lowest BCUT2D eigenvalue weighted by atomic mass is 10.1. The van der Waals surface area contributed by atoms with E-state index < -0.39 is 10.0 Å². The molecule has 1 saturated heterocycles. The van der Waals surface area contributed by atoms with Crippen LogP contribution < -0.4 is 4.72 Å². The van der Waals surface area contributed by atoms with Crippen LogP contribution in [0.4, 0.5) is 0 Å². The minimum Gasteiger partial charge on any atom is -0.233 e. The summed E-state index contributed by atoms with van der Waals surface area (Å²) in [4.78, 5) is 10.7. The van der Waals surface area contributed by atoms with E-state index in [4.69, 9.17) is 9.78 Å². The van der Waals surface area contributed by atoms with Gasteiger partial charge in [0.2, 0.25) is 10.0 Å². The van der Waals surface area contributed by atoms with Crippen LogP contribution >= 0.6 is 0 Å². The summed E-state index contributed by atoms with van der Waals surface area (Å²) < 4.78 is 26.8. The zero-order chi connectivity index (χ0) is 15.3. The van der Waals surface area contributed by atoms with Gasteiger partial charge in [0.25, 0.3) is 0 Å². The van der Waals surface area contributed by atoms with Crippen molar-refractivity contribution in [3.63, 3.8) is 0 Å². The van der Waals surface area contributed by atoms with E-state index in [1.807, 2.05) is 6.92 Å². The topological polar surface area (TPSA) is 64.6 Å². The molecule has 1 fully saturated rings. The summed E-state index contributed by atoms with van der Waals surface area (Å²) in [5, 5.41) is 0. The van der Waals surface area contributed by atoms with Crippen LogP contribution in [0.25, 0.3) is 0 Å². The smallest absolute Gasteiger partial charge is 0.233 e. The molecule has 1 aliphatic rings. The molecule has 0 aliphatic carbocycles. The average molecular weight is 313 g/mol. The number of hydrogen-bond donors (Lipinski definition) is 1. The molecule has 118 valence electrons. The Kier molecular flexibility index (Phi) is 5.75. The van der Waals surface area contributed by atoms with E-state index in [9.17, 15) is 8.42 Å². The molecule has 0 amide bonds. The summed E-state index contributed by atoms with van der Waals surface area (Å²) in [5.41, 5.74) is 1.03. The largest absolute Gasteiger partial charge is 0.240 e. The van der Waals surface area contributed by atoms with Gasteiger partial charge >= 0.3 is 0 Å². The van der Waals surface area contributed by atoms with Crippen molar-refractivity contribution in [2.45, 2.75) is 56.6 Å². The SMILES string of the molecule is CCCC1CC(CCNS(=O)(=O)c2ccc(C)cc2)OO1. The van der Waals surface area contributed by atoms with Gasteiger partial charge in [0.15, 0.2) is 0 Å². The van der Waals surface area contributed by atoms with E-state index in [2.05, 4.69) is 11.6 Å². The molecular weight excluding hydrogens is 290 g/mol. The molecule has 0 radical (unpaired) electrons. The summed E-state index contributed by atoms with van der Waals surface area (Å²) in [6.45, 7) is 4.38. The van der Waals surface area contributed by atoms with Crippen molar-refractivity contribution in [2.75, 3.05) is 6.54 Å². The Morgan fingerprint density at radius 1 is 1.14 bits per heavy atom. The van der Waals surface area contributed by atoms with Crippen LogP contribution in [0.15, 0.2) is 29.2 Å². The van der Waals surface area contributed by atoms with Gasteiger partial charge in [-0.1, -0.05) is 31.0 Å². The predicted molar refractivity (Wildman–Crippen MR) is 80.3 cm³/mol. The van der Waals surface area contributed by atoms with Gasteiger partial charge in [-0.3, -0.25) is 0 Å². The van der Waals surface area contributed by atoms with Gasteiger partial charge in [0.05, 0.1) is 17.1 Å². The van der Waals surface area contributed by atoms with Crippen LogP contribution in [0.3, 0.4) is 0 Å². The van der Waals surface area contributed by atoms with Gasteiger partial charge in [-0.2, -0.15) is 0 Å². The third kappa shape index (κ3) is 4.78. The summed E-state index contributed by atoms with van der Waals surface area (Å²) in [7, 11) is -3.44. The van der Waals surface area contributed by atoms with Crippen molar-refractivity contribution >= 4 is 10.0 Å². The number of aryl methyl sites for hydroxylation is 1. The second-order valence-electron chi connectivity index (χ2n) is 5.46. The Morgan fingerprint density at radius 3 is 2.38 bits per heavy atom. The molecule has 5 nitrogen and oxygen atoms in total. The predicted octanol–water partition coefficient (Wildman–Crippen LogP) is 2.55. The van der Waals surface area contributed by atoms with Crippen molar-refractivity contribution in [1.29, 1.82) is 0 Å². The van der Waals surface area contributed by atoms with Gasteiger partial charge in [0.1, 0.15) is 0 Å². The fourth-order valence-electron chi connectivity index (χ4n) is 2.34. The first-order valence-corrected chi connectivity index (χ1v) is 8.88. The number of sulfonamides is 1. The van der Waals surface area contributed by atoms with Crippen molar-refractivity contribution in [1.82, 2.24) is 4.72 Å². The highest BCUT2D eigenvalue weighted by atomic mass is 32.2. The van der Waals surface area contributed by atoms with E-state index in [-0.39, 0.29) is 12.2 Å². The van der Waals surface area contributed by atoms with Crippen LogP contribution in [0.2, 0.25) is 0 Å². The van der Waals surface area contributed by atoms with E-state index in [0.717, 1.165) is 24.8 Å². The van der Waals surface area contributed by atoms with Crippen molar-refractivity contribution in [2.24, 2.45) is 0 Å². The van der Waals surface area contributed by atoms with Crippen molar-refractivity contribution < 1.29 is 18.2 Å². The molecule has 2 rings (SSSR count). The minimum absolute atomic E-state index is 0.0257. The summed E-state index contributed by atoms with van der Waals surface area (Å²) in [6.07, 6.45) is 3.61. The maximum absolute atomic E-state index is 12.1. The second-order valence-corrected chi connectivity index (χ2v) is 7.23. The molecular formula is C15H23NO4S. The highest BCUT2D eigenvalue weighted by Crippen LogP contribution is 2.22. The van der Waals surface area contributed by atoms with Gasteiger partial charge in [0, 0.05) is 13.0 Å². The van der Waals surface area contributed by atoms with Gasteiger partial charge in [-0.05, 0) is 31.9 Å². The Labute approximate surface area is 126 Å². The highest BCUT2D eigenvalue weighted by molar-refractivity contribution is 7.89. The minimum atomic E-state index is -3.44. The Balaban J connectivity index is 1.79. The Bertz CT molecular complexity index is 541. The third-order valence-electron chi connectivity index (χ3n) is 3.55. The summed E-state index contributed by atoms with van der Waals surface area (Å²) in [6, 6.07) is 6.81. The van der Waals surface area contributed by atoms with E-state index in [1.54, 1.807) is 24.3 Å². The standard InChI is InChI=1S/C15H23NO4S/c1-3-4-13-11-14(20-19-13)9-10-16-21(17,18)15-7-5-12(2)6-8-15/h5-8,13-14,16H,3-4,9-11H2,1-2H3. The monoisotopic (exact) mass is 313 g/mol. The fraction of sp³-hybridized carbons (Fsp3) is 0.600. The number of hydrogen-bond acceptors (Lipinski definition) is 4. The lowest BCUT2D eigenvalue weighted by Gasteiger charge is -2.09. The molecule has 1 heterocycles.